The largest absolute Gasteiger partial charge is 0.430 e. The first-order chi connectivity index (χ1) is 8.56. The summed E-state index contributed by atoms with van der Waals surface area (Å²) < 4.78 is 5.06. The molecule has 2 heterocycles. The van der Waals surface area contributed by atoms with Gasteiger partial charge in [-0.05, 0) is 28.1 Å². The fourth-order valence-corrected chi connectivity index (χ4v) is 1.67. The standard InChI is InChI=1S/C11H6BrClN2O3/c12-10-8(3-7(13)4-14-10)15-11(17)6-1-2-9(16)18-5-6/h1-5H,(H,15,17). The molecule has 0 radical (unpaired) electrons. The molecular weight excluding hydrogens is 323 g/mol. The van der Waals surface area contributed by atoms with E-state index >= 15 is 0 Å². The second-order valence-corrected chi connectivity index (χ2v) is 4.48. The van der Waals surface area contributed by atoms with Crippen molar-refractivity contribution in [3.8, 4) is 0 Å². The van der Waals surface area contributed by atoms with Crippen LogP contribution in [0.4, 0.5) is 5.69 Å². The van der Waals surface area contributed by atoms with Crippen molar-refractivity contribution >= 4 is 39.1 Å². The molecule has 0 spiro atoms. The van der Waals surface area contributed by atoms with E-state index in [1.165, 1.54) is 18.3 Å². The van der Waals surface area contributed by atoms with Gasteiger partial charge in [-0.15, -0.1) is 0 Å². The Kier molecular flexibility index (Phi) is 3.78. The number of carbonyl (C=O) groups is 1. The highest BCUT2D eigenvalue weighted by Crippen LogP contribution is 2.23. The van der Waals surface area contributed by atoms with Crippen molar-refractivity contribution in [2.45, 2.75) is 0 Å². The molecule has 1 amide bonds. The third-order valence-corrected chi connectivity index (χ3v) is 2.86. The van der Waals surface area contributed by atoms with E-state index in [-0.39, 0.29) is 5.56 Å². The number of anilines is 1. The van der Waals surface area contributed by atoms with Gasteiger partial charge in [-0.2, -0.15) is 0 Å². The molecule has 0 aliphatic rings. The Morgan fingerprint density at radius 1 is 1.44 bits per heavy atom. The first-order valence-electron chi connectivity index (χ1n) is 4.77. The van der Waals surface area contributed by atoms with Gasteiger partial charge < -0.3 is 9.73 Å². The summed E-state index contributed by atoms with van der Waals surface area (Å²) in [6, 6.07) is 4.09. The van der Waals surface area contributed by atoms with Crippen LogP contribution in [0.5, 0.6) is 0 Å². The van der Waals surface area contributed by atoms with Crippen molar-refractivity contribution < 1.29 is 9.21 Å². The van der Waals surface area contributed by atoms with Crippen molar-refractivity contribution in [1.82, 2.24) is 4.98 Å². The minimum Gasteiger partial charge on any atom is -0.430 e. The van der Waals surface area contributed by atoms with Gasteiger partial charge >= 0.3 is 5.63 Å². The van der Waals surface area contributed by atoms with E-state index in [4.69, 9.17) is 11.6 Å². The van der Waals surface area contributed by atoms with Crippen molar-refractivity contribution in [2.75, 3.05) is 5.32 Å². The average molecular weight is 330 g/mol. The molecule has 0 aromatic carbocycles. The van der Waals surface area contributed by atoms with E-state index in [1.807, 2.05) is 0 Å². The number of halogens is 2. The predicted molar refractivity (Wildman–Crippen MR) is 69.9 cm³/mol. The second-order valence-electron chi connectivity index (χ2n) is 3.29. The lowest BCUT2D eigenvalue weighted by Gasteiger charge is -2.06. The molecule has 2 rings (SSSR count). The first kappa shape index (κ1) is 12.8. The number of nitrogens with one attached hydrogen (secondary N) is 1. The number of rotatable bonds is 2. The fourth-order valence-electron chi connectivity index (χ4n) is 1.19. The van der Waals surface area contributed by atoms with Gasteiger partial charge in [0.15, 0.2) is 0 Å². The van der Waals surface area contributed by atoms with Gasteiger partial charge in [0.1, 0.15) is 10.9 Å². The Bertz CT molecular complexity index is 636. The molecule has 0 saturated carbocycles. The molecule has 5 nitrogen and oxygen atoms in total. The first-order valence-corrected chi connectivity index (χ1v) is 5.94. The van der Waals surface area contributed by atoms with Gasteiger partial charge in [0.05, 0.1) is 16.3 Å². The molecule has 0 aliphatic carbocycles. The summed E-state index contributed by atoms with van der Waals surface area (Å²) in [6.45, 7) is 0. The lowest BCUT2D eigenvalue weighted by atomic mass is 10.3. The minimum absolute atomic E-state index is 0.224. The number of amides is 1. The van der Waals surface area contributed by atoms with E-state index in [0.29, 0.717) is 15.3 Å². The minimum atomic E-state index is -0.517. The molecule has 18 heavy (non-hydrogen) atoms. The number of nitrogens with zero attached hydrogens (tertiary/aromatic N) is 1. The molecule has 2 aromatic heterocycles. The van der Waals surface area contributed by atoms with Crippen LogP contribution in [0.1, 0.15) is 10.4 Å². The second kappa shape index (κ2) is 5.32. The van der Waals surface area contributed by atoms with Crippen LogP contribution >= 0.6 is 27.5 Å². The normalized spacial score (nSPS) is 10.1. The van der Waals surface area contributed by atoms with Crippen LogP contribution in [0.2, 0.25) is 5.02 Å². The highest BCUT2D eigenvalue weighted by molar-refractivity contribution is 9.10. The van der Waals surface area contributed by atoms with Gasteiger partial charge in [-0.25, -0.2) is 9.78 Å². The van der Waals surface area contributed by atoms with Crippen LogP contribution < -0.4 is 10.9 Å². The molecular formula is C11H6BrClN2O3. The van der Waals surface area contributed by atoms with Crippen molar-refractivity contribution in [3.05, 3.63) is 56.3 Å². The zero-order valence-electron chi connectivity index (χ0n) is 8.81. The number of aromatic nitrogens is 1. The van der Waals surface area contributed by atoms with Gasteiger partial charge in [0.25, 0.3) is 5.91 Å². The Morgan fingerprint density at radius 3 is 2.89 bits per heavy atom. The van der Waals surface area contributed by atoms with Crippen molar-refractivity contribution in [3.63, 3.8) is 0 Å². The number of hydrogen-bond acceptors (Lipinski definition) is 4. The smallest absolute Gasteiger partial charge is 0.335 e. The predicted octanol–water partition coefficient (Wildman–Crippen LogP) is 2.70. The highest BCUT2D eigenvalue weighted by atomic mass is 79.9. The third kappa shape index (κ3) is 2.96. The summed E-state index contributed by atoms with van der Waals surface area (Å²) >= 11 is 8.96. The molecule has 0 unspecified atom stereocenters. The van der Waals surface area contributed by atoms with Crippen LogP contribution in [-0.4, -0.2) is 10.9 Å². The summed E-state index contributed by atoms with van der Waals surface area (Å²) in [4.78, 5) is 26.5. The van der Waals surface area contributed by atoms with E-state index in [0.717, 1.165) is 6.26 Å². The zero-order valence-corrected chi connectivity index (χ0v) is 11.2. The molecule has 0 aliphatic heterocycles. The summed E-state index contributed by atoms with van der Waals surface area (Å²) in [5.74, 6) is -0.427. The van der Waals surface area contributed by atoms with Gasteiger partial charge in [-0.1, -0.05) is 11.6 Å². The van der Waals surface area contributed by atoms with Crippen LogP contribution in [0.3, 0.4) is 0 Å². The molecule has 0 bridgehead atoms. The molecule has 0 saturated heterocycles. The lowest BCUT2D eigenvalue weighted by molar-refractivity contribution is 0.102. The summed E-state index contributed by atoms with van der Waals surface area (Å²) in [5.41, 5.74) is 0.136. The number of hydrogen-bond donors (Lipinski definition) is 1. The van der Waals surface area contributed by atoms with Crippen LogP contribution in [-0.2, 0) is 0 Å². The lowest BCUT2D eigenvalue weighted by Crippen LogP contribution is -2.13. The van der Waals surface area contributed by atoms with Gasteiger partial charge in [-0.3, -0.25) is 4.79 Å². The molecule has 0 fully saturated rings. The SMILES string of the molecule is O=C(Nc1cc(Cl)cnc1Br)c1ccc(=O)oc1. The molecule has 7 heteroatoms. The number of carbonyl (C=O) groups excluding carboxylic acids is 1. The fraction of sp³-hybridized carbons (Fsp3) is 0. The Labute approximate surface area is 115 Å². The maximum atomic E-state index is 11.8. The van der Waals surface area contributed by atoms with E-state index in [9.17, 15) is 9.59 Å². The summed E-state index contributed by atoms with van der Waals surface area (Å²) in [6.07, 6.45) is 2.53. The molecule has 2 aromatic rings. The summed E-state index contributed by atoms with van der Waals surface area (Å²) in [5, 5.41) is 2.99. The Morgan fingerprint density at radius 2 is 2.22 bits per heavy atom. The Balaban J connectivity index is 2.23. The van der Waals surface area contributed by atoms with Crippen molar-refractivity contribution in [1.29, 1.82) is 0 Å². The maximum Gasteiger partial charge on any atom is 0.335 e. The summed E-state index contributed by atoms with van der Waals surface area (Å²) in [7, 11) is 0. The number of pyridine rings is 1. The van der Waals surface area contributed by atoms with Crippen LogP contribution in [0, 0.1) is 0 Å². The van der Waals surface area contributed by atoms with E-state index in [2.05, 4.69) is 30.6 Å². The average Bonchev–Trinajstić information content (AvgIpc) is 2.34. The molecule has 1 N–H and O–H groups in total. The topological polar surface area (TPSA) is 72.2 Å². The van der Waals surface area contributed by atoms with Gasteiger partial charge in [0, 0.05) is 12.3 Å². The van der Waals surface area contributed by atoms with E-state index < -0.39 is 11.5 Å². The highest BCUT2D eigenvalue weighted by Gasteiger charge is 2.10. The van der Waals surface area contributed by atoms with Crippen LogP contribution in [0.15, 0.2) is 44.5 Å². The van der Waals surface area contributed by atoms with E-state index in [1.54, 1.807) is 6.07 Å². The van der Waals surface area contributed by atoms with Crippen molar-refractivity contribution in [2.24, 2.45) is 0 Å². The molecule has 92 valence electrons. The van der Waals surface area contributed by atoms with Gasteiger partial charge in [0.2, 0.25) is 0 Å². The zero-order chi connectivity index (χ0) is 13.1. The quantitative estimate of drug-likeness (QED) is 0.860. The monoisotopic (exact) mass is 328 g/mol. The third-order valence-electron chi connectivity index (χ3n) is 2.02. The molecule has 0 atom stereocenters. The maximum absolute atomic E-state index is 11.8. The van der Waals surface area contributed by atoms with Crippen LogP contribution in [0.25, 0.3) is 0 Å². The Hall–Kier alpha value is -1.66.